The molecule has 0 saturated carbocycles. The van der Waals surface area contributed by atoms with E-state index in [9.17, 15) is 0 Å². The van der Waals surface area contributed by atoms with Crippen LogP contribution in [0.5, 0.6) is 0 Å². The average molecular weight is 635 g/mol. The summed E-state index contributed by atoms with van der Waals surface area (Å²) in [6.07, 6.45) is 0. The smallest absolute Gasteiger partial charge is 0.0789 e. The van der Waals surface area contributed by atoms with Crippen LogP contribution in [0.25, 0.3) is 98.8 Å². The Morgan fingerprint density at radius 2 is 0.880 bits per heavy atom. The van der Waals surface area contributed by atoms with Crippen molar-refractivity contribution in [1.29, 1.82) is 0 Å². The predicted octanol–water partition coefficient (Wildman–Crippen LogP) is 13.0. The number of hydrogen-bond donors (Lipinski definition) is 0. The maximum Gasteiger partial charge on any atom is 0.0789 e. The molecule has 50 heavy (non-hydrogen) atoms. The number of hydrogen-bond acceptors (Lipinski definition) is 0. The van der Waals surface area contributed by atoms with Crippen molar-refractivity contribution >= 4 is 65.0 Å². The molecule has 0 fully saturated rings. The highest BCUT2D eigenvalue weighted by Gasteiger charge is 2.26. The molecular formula is C48H30N2. The van der Waals surface area contributed by atoms with Crippen LogP contribution in [0.1, 0.15) is 0 Å². The van der Waals surface area contributed by atoms with Crippen molar-refractivity contribution in [2.75, 3.05) is 0 Å². The van der Waals surface area contributed by atoms with E-state index in [4.69, 9.17) is 0 Å². The molecule has 2 heteroatoms. The van der Waals surface area contributed by atoms with E-state index in [1.54, 1.807) is 0 Å². The van der Waals surface area contributed by atoms with Gasteiger partial charge in [-0.15, -0.1) is 0 Å². The lowest BCUT2D eigenvalue weighted by molar-refractivity contribution is 1.12. The molecule has 0 aliphatic heterocycles. The minimum absolute atomic E-state index is 1.14. The summed E-state index contributed by atoms with van der Waals surface area (Å²) in [6, 6.07) is 66.7. The lowest BCUT2D eigenvalue weighted by Crippen LogP contribution is -2.01. The topological polar surface area (TPSA) is 9.86 Å². The molecule has 232 valence electrons. The van der Waals surface area contributed by atoms with Gasteiger partial charge in [-0.1, -0.05) is 158 Å². The molecule has 0 N–H and O–H groups in total. The van der Waals surface area contributed by atoms with E-state index in [1.807, 2.05) is 0 Å². The Hall–Kier alpha value is -6.64. The zero-order valence-corrected chi connectivity index (χ0v) is 27.2. The van der Waals surface area contributed by atoms with Gasteiger partial charge in [0.1, 0.15) is 0 Å². The van der Waals surface area contributed by atoms with Crippen molar-refractivity contribution in [2.24, 2.45) is 0 Å². The normalized spacial score (nSPS) is 12.0. The molecule has 0 saturated heterocycles. The van der Waals surface area contributed by atoms with E-state index in [-0.39, 0.29) is 0 Å². The maximum absolute atomic E-state index is 2.54. The van der Waals surface area contributed by atoms with Crippen molar-refractivity contribution < 1.29 is 0 Å². The Morgan fingerprint density at radius 1 is 0.320 bits per heavy atom. The number of aromatic nitrogens is 2. The van der Waals surface area contributed by atoms with Crippen LogP contribution in [0.2, 0.25) is 0 Å². The fraction of sp³-hybridized carbons (Fsp3) is 0. The summed E-state index contributed by atoms with van der Waals surface area (Å²) in [5.74, 6) is 0. The molecule has 0 aliphatic rings. The third-order valence-corrected chi connectivity index (χ3v) is 10.6. The Bertz CT molecular complexity index is 3040. The van der Waals surface area contributed by atoms with Crippen LogP contribution >= 0.6 is 0 Å². The van der Waals surface area contributed by atoms with Gasteiger partial charge >= 0.3 is 0 Å². The highest BCUT2D eigenvalue weighted by atomic mass is 15.1. The predicted molar refractivity (Wildman–Crippen MR) is 212 cm³/mol. The number of rotatable bonds is 4. The van der Waals surface area contributed by atoms with Gasteiger partial charge in [0, 0.05) is 32.8 Å². The van der Waals surface area contributed by atoms with Crippen molar-refractivity contribution in [1.82, 2.24) is 9.13 Å². The molecule has 2 aromatic heterocycles. The number of para-hydroxylation sites is 2. The van der Waals surface area contributed by atoms with Crippen LogP contribution < -0.4 is 0 Å². The molecule has 0 aliphatic carbocycles. The van der Waals surface area contributed by atoms with E-state index in [0.29, 0.717) is 0 Å². The Morgan fingerprint density at radius 3 is 1.64 bits per heavy atom. The Labute approximate surface area is 289 Å². The summed E-state index contributed by atoms with van der Waals surface area (Å²) in [5, 5.41) is 11.5. The summed E-state index contributed by atoms with van der Waals surface area (Å²) in [5.41, 5.74) is 10.8. The van der Waals surface area contributed by atoms with Crippen molar-refractivity contribution in [3.05, 3.63) is 182 Å². The zero-order chi connectivity index (χ0) is 32.8. The van der Waals surface area contributed by atoms with Gasteiger partial charge in [0.15, 0.2) is 0 Å². The first-order chi connectivity index (χ1) is 24.8. The van der Waals surface area contributed by atoms with Crippen molar-refractivity contribution in [2.45, 2.75) is 0 Å². The fourth-order valence-electron chi connectivity index (χ4n) is 8.59. The molecule has 0 unspecified atom stereocenters. The van der Waals surface area contributed by atoms with Gasteiger partial charge in [-0.2, -0.15) is 0 Å². The molecular weight excluding hydrogens is 605 g/mol. The van der Waals surface area contributed by atoms with E-state index < -0.39 is 0 Å². The molecule has 0 amide bonds. The molecule has 2 nitrogen and oxygen atoms in total. The highest BCUT2D eigenvalue weighted by Crippen LogP contribution is 2.48. The maximum atomic E-state index is 2.54. The van der Waals surface area contributed by atoms with Gasteiger partial charge in [0.25, 0.3) is 0 Å². The molecule has 0 spiro atoms. The van der Waals surface area contributed by atoms with Gasteiger partial charge in [0.05, 0.1) is 27.9 Å². The second-order valence-electron chi connectivity index (χ2n) is 13.3. The Kier molecular flexibility index (Phi) is 5.70. The molecule has 0 bridgehead atoms. The van der Waals surface area contributed by atoms with Gasteiger partial charge in [0.2, 0.25) is 0 Å². The number of benzene rings is 9. The SMILES string of the molecule is c1ccc(-c2c(-c3ccccc3)n(-c3ccccc3)c3c2ccc2c4ccccc4n(-c4ccc5ccc6cccc7ccc4c5c67)c23)cc1. The molecule has 0 atom stereocenters. The fourth-order valence-corrected chi connectivity index (χ4v) is 8.59. The summed E-state index contributed by atoms with van der Waals surface area (Å²) in [7, 11) is 0. The minimum atomic E-state index is 1.14. The summed E-state index contributed by atoms with van der Waals surface area (Å²) >= 11 is 0. The van der Waals surface area contributed by atoms with Crippen molar-refractivity contribution in [3.8, 4) is 33.8 Å². The van der Waals surface area contributed by atoms with Crippen LogP contribution in [-0.2, 0) is 0 Å². The van der Waals surface area contributed by atoms with Crippen LogP contribution in [-0.4, -0.2) is 9.13 Å². The largest absolute Gasteiger partial charge is 0.307 e. The monoisotopic (exact) mass is 634 g/mol. The van der Waals surface area contributed by atoms with E-state index in [1.165, 1.54) is 93.1 Å². The lowest BCUT2D eigenvalue weighted by Gasteiger charge is -2.17. The quantitative estimate of drug-likeness (QED) is 0.171. The lowest BCUT2D eigenvalue weighted by atomic mass is 9.93. The average Bonchev–Trinajstić information content (AvgIpc) is 3.71. The van der Waals surface area contributed by atoms with Crippen molar-refractivity contribution in [3.63, 3.8) is 0 Å². The Balaban J connectivity index is 1.40. The standard InChI is InChI=1S/C48H30N2/c1-4-13-31(14-5-1)45-40-29-28-38-37-21-10-11-22-41(37)50(42-30-26-34-24-23-32-17-12-18-33-25-27-39(42)44(34)43(32)33)47(38)48(40)49(36-19-8-3-9-20-36)46(45)35-15-6-2-7-16-35/h1-30H. The van der Waals surface area contributed by atoms with Gasteiger partial charge in [-0.05, 0) is 62.3 Å². The van der Waals surface area contributed by atoms with E-state index >= 15 is 0 Å². The van der Waals surface area contributed by atoms with E-state index in [0.717, 1.165) is 5.69 Å². The van der Waals surface area contributed by atoms with Crippen LogP contribution in [0, 0.1) is 0 Å². The first kappa shape index (κ1) is 27.3. The number of nitrogens with zero attached hydrogens (tertiary/aromatic N) is 2. The first-order valence-electron chi connectivity index (χ1n) is 17.3. The number of fused-ring (bicyclic) bond motifs is 5. The van der Waals surface area contributed by atoms with E-state index in [2.05, 4.69) is 191 Å². The zero-order valence-electron chi connectivity index (χ0n) is 27.2. The first-order valence-corrected chi connectivity index (χ1v) is 17.3. The second-order valence-corrected chi connectivity index (χ2v) is 13.3. The molecule has 11 aromatic rings. The third-order valence-electron chi connectivity index (χ3n) is 10.6. The molecule has 11 rings (SSSR count). The van der Waals surface area contributed by atoms with Gasteiger partial charge in [-0.25, -0.2) is 0 Å². The minimum Gasteiger partial charge on any atom is -0.307 e. The van der Waals surface area contributed by atoms with Crippen LogP contribution in [0.15, 0.2) is 182 Å². The third kappa shape index (κ3) is 3.73. The summed E-state index contributed by atoms with van der Waals surface area (Å²) in [6.45, 7) is 0. The molecule has 2 heterocycles. The summed E-state index contributed by atoms with van der Waals surface area (Å²) < 4.78 is 5.06. The highest BCUT2D eigenvalue weighted by molar-refractivity contribution is 6.27. The van der Waals surface area contributed by atoms with Crippen LogP contribution in [0.3, 0.4) is 0 Å². The molecule has 9 aromatic carbocycles. The molecule has 0 radical (unpaired) electrons. The van der Waals surface area contributed by atoms with Gasteiger partial charge < -0.3 is 9.13 Å². The van der Waals surface area contributed by atoms with Crippen LogP contribution in [0.4, 0.5) is 0 Å². The summed E-state index contributed by atoms with van der Waals surface area (Å²) in [4.78, 5) is 0. The second kappa shape index (κ2) is 10.4. The van der Waals surface area contributed by atoms with Gasteiger partial charge in [-0.3, -0.25) is 0 Å².